The molecule has 0 fully saturated rings. The van der Waals surface area contributed by atoms with Gasteiger partial charge in [0.15, 0.2) is 5.13 Å². The average molecular weight is 359 g/mol. The third-order valence-corrected chi connectivity index (χ3v) is 4.20. The van der Waals surface area contributed by atoms with Gasteiger partial charge < -0.3 is 15.8 Å². The summed E-state index contributed by atoms with van der Waals surface area (Å²) in [6.07, 6.45) is 1.77. The quantitative estimate of drug-likeness (QED) is 0.513. The number of rotatable bonds is 6. The van der Waals surface area contributed by atoms with Crippen LogP contribution < -0.4 is 11.1 Å². The van der Waals surface area contributed by atoms with Crippen molar-refractivity contribution in [2.45, 2.75) is 19.9 Å². The molecule has 0 aliphatic carbocycles. The number of nitrogens with two attached hydrogens (primary N) is 1. The summed E-state index contributed by atoms with van der Waals surface area (Å²) in [5, 5.41) is 9.97. The average Bonchev–Trinajstić information content (AvgIpc) is 3.15. The van der Waals surface area contributed by atoms with Gasteiger partial charge in [0.25, 0.3) is 0 Å². The molecule has 0 unspecified atom stereocenters. The highest BCUT2D eigenvalue weighted by Crippen LogP contribution is 2.18. The Balaban J connectivity index is 1.63. The van der Waals surface area contributed by atoms with Crippen LogP contribution in [0.4, 0.5) is 10.8 Å². The van der Waals surface area contributed by atoms with Crippen LogP contribution in [0.1, 0.15) is 12.6 Å². The minimum atomic E-state index is -0.341. The Bertz CT molecular complexity index is 918. The third kappa shape index (κ3) is 4.13. The Morgan fingerprint density at radius 1 is 1.40 bits per heavy atom. The van der Waals surface area contributed by atoms with Crippen molar-refractivity contribution >= 4 is 44.9 Å². The van der Waals surface area contributed by atoms with Crippen LogP contribution in [0.5, 0.6) is 0 Å². The van der Waals surface area contributed by atoms with Crippen molar-refractivity contribution in [2.24, 2.45) is 0 Å². The van der Waals surface area contributed by atoms with E-state index in [9.17, 15) is 9.59 Å². The third-order valence-electron chi connectivity index (χ3n) is 3.39. The number of nitrogens with zero attached hydrogens (tertiary/aromatic N) is 3. The molecule has 1 amide bonds. The van der Waals surface area contributed by atoms with Crippen molar-refractivity contribution in [3.63, 3.8) is 0 Å². The van der Waals surface area contributed by atoms with Gasteiger partial charge in [-0.2, -0.15) is 5.10 Å². The maximum Gasteiger partial charge on any atom is 0.311 e. The first-order valence-electron chi connectivity index (χ1n) is 7.66. The molecule has 9 heteroatoms. The lowest BCUT2D eigenvalue weighted by molar-refractivity contribution is -0.142. The Morgan fingerprint density at radius 2 is 2.24 bits per heavy atom. The molecule has 0 saturated heterocycles. The van der Waals surface area contributed by atoms with Crippen LogP contribution in [0.15, 0.2) is 29.8 Å². The Kier molecular flexibility index (Phi) is 4.94. The topological polar surface area (TPSA) is 112 Å². The highest BCUT2D eigenvalue weighted by Gasteiger charge is 2.12. The van der Waals surface area contributed by atoms with Gasteiger partial charge in [-0.1, -0.05) is 0 Å². The SMILES string of the molecule is CCOC(=O)Cc1csc(NC(=O)Cn2ncc3ccc(N)cc32)n1. The number of fused-ring (bicyclic) bond motifs is 1. The predicted octanol–water partition coefficient (Wildman–Crippen LogP) is 1.82. The number of hydrogen-bond donors (Lipinski definition) is 2. The number of thiazole rings is 1. The van der Waals surface area contributed by atoms with Gasteiger partial charge in [0.2, 0.25) is 5.91 Å². The molecule has 3 rings (SSSR count). The summed E-state index contributed by atoms with van der Waals surface area (Å²) in [6.45, 7) is 2.12. The molecule has 130 valence electrons. The number of anilines is 2. The van der Waals surface area contributed by atoms with Crippen LogP contribution in [0.25, 0.3) is 10.9 Å². The molecule has 2 heterocycles. The van der Waals surface area contributed by atoms with E-state index in [0.29, 0.717) is 23.1 Å². The molecule has 0 radical (unpaired) electrons. The molecule has 0 atom stereocenters. The molecule has 25 heavy (non-hydrogen) atoms. The Hall–Kier alpha value is -2.94. The van der Waals surface area contributed by atoms with Crippen molar-refractivity contribution in [1.29, 1.82) is 0 Å². The largest absolute Gasteiger partial charge is 0.466 e. The summed E-state index contributed by atoms with van der Waals surface area (Å²) in [4.78, 5) is 27.9. The summed E-state index contributed by atoms with van der Waals surface area (Å²) >= 11 is 1.26. The summed E-state index contributed by atoms with van der Waals surface area (Å²) < 4.78 is 6.45. The van der Waals surface area contributed by atoms with Crippen LogP contribution >= 0.6 is 11.3 Å². The van der Waals surface area contributed by atoms with E-state index in [0.717, 1.165) is 10.9 Å². The molecule has 8 nitrogen and oxygen atoms in total. The Labute approximate surface area is 147 Å². The molecule has 1 aromatic carbocycles. The number of carbonyl (C=O) groups excluding carboxylic acids is 2. The van der Waals surface area contributed by atoms with Gasteiger partial charge in [0, 0.05) is 16.5 Å². The molecule has 0 bridgehead atoms. The fourth-order valence-corrected chi connectivity index (χ4v) is 3.04. The number of nitrogen functional groups attached to an aromatic ring is 1. The van der Waals surface area contributed by atoms with E-state index in [1.807, 2.05) is 6.07 Å². The van der Waals surface area contributed by atoms with E-state index in [4.69, 9.17) is 10.5 Å². The zero-order valence-electron chi connectivity index (χ0n) is 13.6. The fraction of sp³-hybridized carbons (Fsp3) is 0.250. The second-order valence-corrected chi connectivity index (χ2v) is 6.15. The second kappa shape index (κ2) is 7.31. The molecule has 0 spiro atoms. The highest BCUT2D eigenvalue weighted by molar-refractivity contribution is 7.13. The van der Waals surface area contributed by atoms with Crippen LogP contribution in [0.2, 0.25) is 0 Å². The van der Waals surface area contributed by atoms with Gasteiger partial charge in [0.05, 0.1) is 30.4 Å². The van der Waals surface area contributed by atoms with Crippen molar-refractivity contribution in [3.05, 3.63) is 35.5 Å². The molecule has 2 aromatic heterocycles. The number of hydrogen-bond acceptors (Lipinski definition) is 7. The number of ether oxygens (including phenoxy) is 1. The van der Waals surface area contributed by atoms with Gasteiger partial charge in [-0.05, 0) is 25.1 Å². The maximum absolute atomic E-state index is 12.2. The second-order valence-electron chi connectivity index (χ2n) is 5.29. The van der Waals surface area contributed by atoms with E-state index in [1.54, 1.807) is 35.3 Å². The molecule has 0 aliphatic rings. The van der Waals surface area contributed by atoms with Gasteiger partial charge in [-0.25, -0.2) is 4.98 Å². The fourth-order valence-electron chi connectivity index (χ4n) is 2.31. The smallest absolute Gasteiger partial charge is 0.311 e. The van der Waals surface area contributed by atoms with Gasteiger partial charge in [0.1, 0.15) is 6.54 Å². The first-order valence-corrected chi connectivity index (χ1v) is 8.54. The molecule has 3 N–H and O–H groups in total. The zero-order chi connectivity index (χ0) is 17.8. The monoisotopic (exact) mass is 359 g/mol. The summed E-state index contributed by atoms with van der Waals surface area (Å²) in [7, 11) is 0. The van der Waals surface area contributed by atoms with Gasteiger partial charge >= 0.3 is 5.97 Å². The minimum Gasteiger partial charge on any atom is -0.466 e. The van der Waals surface area contributed by atoms with E-state index < -0.39 is 0 Å². The number of aromatic nitrogens is 3. The minimum absolute atomic E-state index is 0.0414. The number of nitrogens with one attached hydrogen (secondary N) is 1. The Morgan fingerprint density at radius 3 is 3.04 bits per heavy atom. The molecule has 0 saturated carbocycles. The highest BCUT2D eigenvalue weighted by atomic mass is 32.1. The van der Waals surface area contributed by atoms with Crippen LogP contribution in [0, 0.1) is 0 Å². The lowest BCUT2D eigenvalue weighted by Crippen LogP contribution is -2.19. The number of benzene rings is 1. The number of carbonyl (C=O) groups is 2. The first kappa shape index (κ1) is 16.9. The van der Waals surface area contributed by atoms with Crippen molar-refractivity contribution in [3.8, 4) is 0 Å². The van der Waals surface area contributed by atoms with Gasteiger partial charge in [-0.3, -0.25) is 14.3 Å². The van der Waals surface area contributed by atoms with Crippen molar-refractivity contribution < 1.29 is 14.3 Å². The van der Waals surface area contributed by atoms with E-state index in [-0.39, 0.29) is 24.8 Å². The lowest BCUT2D eigenvalue weighted by Gasteiger charge is -2.04. The first-order chi connectivity index (χ1) is 12.0. The van der Waals surface area contributed by atoms with E-state index >= 15 is 0 Å². The summed E-state index contributed by atoms with van der Waals surface area (Å²) in [5.41, 5.74) is 7.75. The van der Waals surface area contributed by atoms with Gasteiger partial charge in [-0.15, -0.1) is 11.3 Å². The van der Waals surface area contributed by atoms with E-state index in [2.05, 4.69) is 15.4 Å². The molecule has 3 aromatic rings. The van der Waals surface area contributed by atoms with Crippen LogP contribution in [-0.2, 0) is 27.3 Å². The lowest BCUT2D eigenvalue weighted by atomic mass is 10.2. The summed E-state index contributed by atoms with van der Waals surface area (Å²) in [5.74, 6) is -0.601. The van der Waals surface area contributed by atoms with E-state index in [1.165, 1.54) is 11.3 Å². The normalized spacial score (nSPS) is 10.8. The van der Waals surface area contributed by atoms with Crippen molar-refractivity contribution in [1.82, 2.24) is 14.8 Å². The standard InChI is InChI=1S/C16H17N5O3S/c1-2-24-15(23)6-12-9-25-16(19-12)20-14(22)8-21-13-5-11(17)4-3-10(13)7-18-21/h3-5,7,9H,2,6,8,17H2,1H3,(H,19,20,22). The molecular formula is C16H17N5O3S. The molecule has 0 aliphatic heterocycles. The van der Waals surface area contributed by atoms with Crippen LogP contribution in [-0.4, -0.2) is 33.2 Å². The predicted molar refractivity (Wildman–Crippen MR) is 95.2 cm³/mol. The van der Waals surface area contributed by atoms with Crippen LogP contribution in [0.3, 0.4) is 0 Å². The molecular weight excluding hydrogens is 342 g/mol. The zero-order valence-corrected chi connectivity index (χ0v) is 14.4. The maximum atomic E-state index is 12.2. The van der Waals surface area contributed by atoms with Crippen molar-refractivity contribution in [2.75, 3.05) is 17.7 Å². The summed E-state index contributed by atoms with van der Waals surface area (Å²) in [6, 6.07) is 5.42. The number of esters is 1. The number of amides is 1.